The summed E-state index contributed by atoms with van der Waals surface area (Å²) < 4.78 is 3.62. The number of piperidine rings is 1. The maximum absolute atomic E-state index is 13.1. The van der Waals surface area contributed by atoms with Gasteiger partial charge in [0.15, 0.2) is 5.65 Å². The van der Waals surface area contributed by atoms with Crippen LogP contribution in [-0.2, 0) is 0 Å². The minimum Gasteiger partial charge on any atom is -0.336 e. The predicted molar refractivity (Wildman–Crippen MR) is 91.4 cm³/mol. The van der Waals surface area contributed by atoms with E-state index in [9.17, 15) is 4.79 Å². The summed E-state index contributed by atoms with van der Waals surface area (Å²) in [6.07, 6.45) is 5.44. The first-order valence-corrected chi connectivity index (χ1v) is 8.53. The van der Waals surface area contributed by atoms with Crippen molar-refractivity contribution in [1.29, 1.82) is 0 Å². The largest absolute Gasteiger partial charge is 0.336 e. The first kappa shape index (κ1) is 15.7. The van der Waals surface area contributed by atoms with E-state index in [4.69, 9.17) is 0 Å². The molecule has 0 aliphatic carbocycles. The highest BCUT2D eigenvalue weighted by Gasteiger charge is 2.30. The van der Waals surface area contributed by atoms with E-state index in [1.54, 1.807) is 16.8 Å². The molecule has 0 radical (unpaired) electrons. The Labute approximate surface area is 145 Å². The molecule has 1 atom stereocenters. The molecule has 3 aromatic rings. The fourth-order valence-electron chi connectivity index (χ4n) is 3.63. The molecule has 8 heteroatoms. The van der Waals surface area contributed by atoms with Gasteiger partial charge in [0.05, 0.1) is 11.7 Å². The lowest BCUT2D eigenvalue weighted by Gasteiger charge is -2.33. The molecule has 0 saturated carbocycles. The number of nitrogens with zero attached hydrogens (tertiary/aromatic N) is 7. The summed E-state index contributed by atoms with van der Waals surface area (Å²) in [4.78, 5) is 23.8. The fourth-order valence-corrected chi connectivity index (χ4v) is 3.63. The Bertz CT molecular complexity index is 942. The summed E-state index contributed by atoms with van der Waals surface area (Å²) in [6, 6.07) is 1.97. The van der Waals surface area contributed by atoms with Crippen LogP contribution >= 0.6 is 0 Å². The number of aryl methyl sites for hydroxylation is 3. The van der Waals surface area contributed by atoms with Gasteiger partial charge >= 0.3 is 0 Å². The van der Waals surface area contributed by atoms with E-state index in [1.807, 2.05) is 36.5 Å². The highest BCUT2D eigenvalue weighted by Crippen LogP contribution is 2.25. The second-order valence-corrected chi connectivity index (χ2v) is 6.55. The molecule has 130 valence electrons. The first-order valence-electron chi connectivity index (χ1n) is 8.53. The zero-order chi connectivity index (χ0) is 17.6. The van der Waals surface area contributed by atoms with Crippen LogP contribution in [0.25, 0.3) is 5.65 Å². The summed E-state index contributed by atoms with van der Waals surface area (Å²) in [5.41, 5.74) is 1.91. The molecule has 0 bridgehead atoms. The third kappa shape index (κ3) is 2.67. The number of amides is 1. The Kier molecular flexibility index (Phi) is 3.74. The number of hydrogen-bond acceptors (Lipinski definition) is 5. The van der Waals surface area contributed by atoms with Crippen molar-refractivity contribution >= 4 is 11.6 Å². The van der Waals surface area contributed by atoms with Gasteiger partial charge in [-0.25, -0.2) is 19.2 Å². The van der Waals surface area contributed by atoms with Crippen LogP contribution in [0.2, 0.25) is 0 Å². The number of hydrogen-bond donors (Lipinski definition) is 0. The van der Waals surface area contributed by atoms with Crippen LogP contribution in [0.15, 0.2) is 18.5 Å². The molecule has 1 aliphatic heterocycles. The van der Waals surface area contributed by atoms with Crippen molar-refractivity contribution in [3.8, 4) is 0 Å². The molecule has 0 N–H and O–H groups in total. The van der Waals surface area contributed by atoms with Crippen LogP contribution in [0.4, 0.5) is 0 Å². The Morgan fingerprint density at radius 3 is 2.84 bits per heavy atom. The second kappa shape index (κ2) is 5.94. The molecule has 8 nitrogen and oxygen atoms in total. The number of carbonyl (C=O) groups excluding carboxylic acids is 1. The molecule has 1 amide bonds. The molecule has 0 unspecified atom stereocenters. The Morgan fingerprint density at radius 1 is 1.24 bits per heavy atom. The quantitative estimate of drug-likeness (QED) is 0.710. The number of aromatic nitrogens is 6. The smallest absolute Gasteiger partial charge is 0.259 e. The number of rotatable bonds is 2. The summed E-state index contributed by atoms with van der Waals surface area (Å²) in [7, 11) is 0. The van der Waals surface area contributed by atoms with E-state index in [-0.39, 0.29) is 11.9 Å². The average Bonchev–Trinajstić information content (AvgIpc) is 3.12. The molecule has 4 heterocycles. The lowest BCUT2D eigenvalue weighted by molar-refractivity contribution is 0.0672. The first-order chi connectivity index (χ1) is 12.0. The van der Waals surface area contributed by atoms with E-state index in [0.717, 1.165) is 31.0 Å². The fraction of sp³-hybridized carbons (Fsp3) is 0.471. The molecule has 25 heavy (non-hydrogen) atoms. The van der Waals surface area contributed by atoms with Gasteiger partial charge in [-0.15, -0.1) is 0 Å². The monoisotopic (exact) mass is 339 g/mol. The minimum atomic E-state index is -0.00890. The van der Waals surface area contributed by atoms with Gasteiger partial charge < -0.3 is 4.90 Å². The molecule has 1 fully saturated rings. The molecule has 1 aliphatic rings. The topological polar surface area (TPSA) is 81.2 Å². The second-order valence-electron chi connectivity index (χ2n) is 6.55. The van der Waals surface area contributed by atoms with Gasteiger partial charge in [-0.05, 0) is 39.7 Å². The minimum absolute atomic E-state index is 0.00890. The molecule has 0 aromatic carbocycles. The molecule has 3 aromatic heterocycles. The number of fused-ring (bicyclic) bond motifs is 1. The van der Waals surface area contributed by atoms with E-state index in [1.165, 1.54) is 0 Å². The summed E-state index contributed by atoms with van der Waals surface area (Å²) in [5, 5.41) is 8.90. The summed E-state index contributed by atoms with van der Waals surface area (Å²) in [6.45, 7) is 7.08. The SMILES string of the molecule is Cc1nc(C)n([C@H]2CCCN(C(=O)c3c(C)nn4cccnc34)C2)n1. The van der Waals surface area contributed by atoms with Gasteiger partial charge in [-0.3, -0.25) is 4.79 Å². The lowest BCUT2D eigenvalue weighted by atomic mass is 10.0. The Hall–Kier alpha value is -2.77. The molecule has 0 spiro atoms. The van der Waals surface area contributed by atoms with Crippen molar-refractivity contribution in [2.75, 3.05) is 13.1 Å². The van der Waals surface area contributed by atoms with Gasteiger partial charge in [0.2, 0.25) is 0 Å². The van der Waals surface area contributed by atoms with Gasteiger partial charge in [-0.1, -0.05) is 0 Å². The maximum atomic E-state index is 13.1. The normalized spacial score (nSPS) is 18.0. The molecule has 4 rings (SSSR count). The van der Waals surface area contributed by atoms with Crippen molar-refractivity contribution in [2.45, 2.75) is 39.7 Å². The van der Waals surface area contributed by atoms with Crippen molar-refractivity contribution < 1.29 is 4.79 Å². The Balaban J connectivity index is 1.63. The number of carbonyl (C=O) groups is 1. The predicted octanol–water partition coefficient (Wildman–Crippen LogP) is 1.72. The third-order valence-electron chi connectivity index (χ3n) is 4.72. The van der Waals surface area contributed by atoms with Gasteiger partial charge in [0.1, 0.15) is 17.2 Å². The van der Waals surface area contributed by atoms with Gasteiger partial charge in [0.25, 0.3) is 5.91 Å². The highest BCUT2D eigenvalue weighted by molar-refractivity contribution is 6.01. The van der Waals surface area contributed by atoms with E-state index in [0.29, 0.717) is 23.4 Å². The van der Waals surface area contributed by atoms with Crippen molar-refractivity contribution in [3.63, 3.8) is 0 Å². The Morgan fingerprint density at radius 2 is 2.08 bits per heavy atom. The van der Waals surface area contributed by atoms with Crippen LogP contribution in [0, 0.1) is 20.8 Å². The van der Waals surface area contributed by atoms with Crippen molar-refractivity contribution in [1.82, 2.24) is 34.3 Å². The van der Waals surface area contributed by atoms with Crippen molar-refractivity contribution in [3.05, 3.63) is 41.4 Å². The van der Waals surface area contributed by atoms with E-state index < -0.39 is 0 Å². The van der Waals surface area contributed by atoms with Crippen LogP contribution in [0.5, 0.6) is 0 Å². The molecule has 1 saturated heterocycles. The molecular formula is C17H21N7O. The average molecular weight is 339 g/mol. The summed E-state index contributed by atoms with van der Waals surface area (Å²) in [5.74, 6) is 1.65. The lowest BCUT2D eigenvalue weighted by Crippen LogP contribution is -2.41. The van der Waals surface area contributed by atoms with Crippen LogP contribution in [0.3, 0.4) is 0 Å². The zero-order valence-corrected chi connectivity index (χ0v) is 14.7. The third-order valence-corrected chi connectivity index (χ3v) is 4.72. The van der Waals surface area contributed by atoms with E-state index in [2.05, 4.69) is 20.2 Å². The standard InChI is InChI=1S/C17H21N7O/c1-11-15(16-18-7-5-9-23(16)20-11)17(25)22-8-4-6-14(10-22)24-13(3)19-12(2)21-24/h5,7,9,14H,4,6,8,10H2,1-3H3/t14-/m0/s1. The highest BCUT2D eigenvalue weighted by atomic mass is 16.2. The van der Waals surface area contributed by atoms with E-state index >= 15 is 0 Å². The van der Waals surface area contributed by atoms with Crippen LogP contribution in [-0.4, -0.2) is 53.3 Å². The number of likely N-dealkylation sites (tertiary alicyclic amines) is 1. The van der Waals surface area contributed by atoms with Crippen LogP contribution in [0.1, 0.15) is 46.6 Å². The molecular weight excluding hydrogens is 318 g/mol. The summed E-state index contributed by atoms with van der Waals surface area (Å²) >= 11 is 0. The van der Waals surface area contributed by atoms with Gasteiger partial charge in [-0.2, -0.15) is 10.2 Å². The van der Waals surface area contributed by atoms with Gasteiger partial charge in [0, 0.05) is 25.5 Å². The van der Waals surface area contributed by atoms with Crippen molar-refractivity contribution in [2.24, 2.45) is 0 Å². The zero-order valence-electron chi connectivity index (χ0n) is 14.7. The van der Waals surface area contributed by atoms with Crippen LogP contribution < -0.4 is 0 Å². The maximum Gasteiger partial charge on any atom is 0.259 e.